The van der Waals surface area contributed by atoms with E-state index in [0.29, 0.717) is 24.2 Å². The number of amides is 1. The molecule has 176 valence electrons. The van der Waals surface area contributed by atoms with Gasteiger partial charge >= 0.3 is 17.8 Å². The van der Waals surface area contributed by atoms with E-state index in [1.807, 2.05) is 6.92 Å². The van der Waals surface area contributed by atoms with Crippen LogP contribution in [0.5, 0.6) is 17.2 Å². The molecule has 0 saturated carbocycles. The lowest BCUT2D eigenvalue weighted by molar-refractivity contribution is -0.147. The van der Waals surface area contributed by atoms with Crippen LogP contribution in [0.4, 0.5) is 5.69 Å². The van der Waals surface area contributed by atoms with Crippen LogP contribution in [-0.4, -0.2) is 52.2 Å². The Balaban J connectivity index is 2.03. The number of phenols is 1. The number of phenolic OH excluding ortho intramolecular Hbond substituents is 1. The van der Waals surface area contributed by atoms with Crippen molar-refractivity contribution in [1.29, 1.82) is 0 Å². The lowest BCUT2D eigenvalue weighted by atomic mass is 10.0. The molecule has 0 aliphatic rings. The van der Waals surface area contributed by atoms with Crippen molar-refractivity contribution >= 4 is 29.3 Å². The van der Waals surface area contributed by atoms with E-state index in [4.69, 9.17) is 14.6 Å². The summed E-state index contributed by atoms with van der Waals surface area (Å²) in [6.45, 7) is 3.56. The van der Waals surface area contributed by atoms with Gasteiger partial charge in [-0.15, -0.1) is 0 Å². The van der Waals surface area contributed by atoms with E-state index in [1.165, 1.54) is 31.2 Å². The van der Waals surface area contributed by atoms with Crippen LogP contribution >= 0.6 is 0 Å². The molecule has 2 aromatic carbocycles. The van der Waals surface area contributed by atoms with E-state index >= 15 is 0 Å². The molecule has 0 aliphatic heterocycles. The van der Waals surface area contributed by atoms with Crippen molar-refractivity contribution in [2.45, 2.75) is 33.1 Å². The van der Waals surface area contributed by atoms with E-state index in [0.717, 1.165) is 6.42 Å². The highest BCUT2D eigenvalue weighted by Crippen LogP contribution is 2.33. The molecule has 10 nitrogen and oxygen atoms in total. The fraction of sp³-hybridized carbons (Fsp3) is 0.304. The van der Waals surface area contributed by atoms with E-state index in [-0.39, 0.29) is 47.3 Å². The largest absolute Gasteiger partial charge is 0.507 e. The maximum atomic E-state index is 11.6. The van der Waals surface area contributed by atoms with Crippen molar-refractivity contribution in [3.63, 3.8) is 0 Å². The van der Waals surface area contributed by atoms with Crippen LogP contribution in [0.15, 0.2) is 30.3 Å². The first-order valence-electron chi connectivity index (χ1n) is 10.2. The zero-order valence-corrected chi connectivity index (χ0v) is 18.2. The first kappa shape index (κ1) is 25.2. The number of anilines is 1. The van der Waals surface area contributed by atoms with Gasteiger partial charge in [0.1, 0.15) is 22.8 Å². The molecule has 1 amide bonds. The van der Waals surface area contributed by atoms with Crippen molar-refractivity contribution in [1.82, 2.24) is 0 Å². The summed E-state index contributed by atoms with van der Waals surface area (Å²) < 4.78 is 11.3. The average molecular weight is 459 g/mol. The lowest BCUT2D eigenvalue weighted by Crippen LogP contribution is -2.22. The summed E-state index contributed by atoms with van der Waals surface area (Å²) in [5.74, 6) is -4.13. The number of nitrogens with one attached hydrogen (secondary N) is 1. The fourth-order valence-electron chi connectivity index (χ4n) is 3.03. The van der Waals surface area contributed by atoms with E-state index in [1.54, 1.807) is 6.07 Å². The molecular formula is C23H25NO9. The molecule has 0 atom stereocenters. The topological polar surface area (TPSA) is 159 Å². The number of Topliss-reactive ketones (excluding diaryl/α,β-unsaturated/α-hetero) is 1. The molecule has 0 bridgehead atoms. The number of carbonyl (C=O) groups is 4. The number of carboxylic acids is 2. The zero-order valence-electron chi connectivity index (χ0n) is 18.2. The third-order valence-corrected chi connectivity index (χ3v) is 4.59. The molecule has 0 fully saturated rings. The normalized spacial score (nSPS) is 10.4. The predicted octanol–water partition coefficient (Wildman–Crippen LogP) is 3.12. The molecule has 2 aromatic rings. The van der Waals surface area contributed by atoms with Gasteiger partial charge in [0.15, 0.2) is 5.78 Å². The van der Waals surface area contributed by atoms with Gasteiger partial charge in [0.2, 0.25) is 0 Å². The minimum Gasteiger partial charge on any atom is -0.507 e. The molecule has 0 saturated heterocycles. The van der Waals surface area contributed by atoms with Crippen LogP contribution in [0.3, 0.4) is 0 Å². The Morgan fingerprint density at radius 2 is 1.58 bits per heavy atom. The number of hydrogen-bond donors (Lipinski definition) is 4. The lowest BCUT2D eigenvalue weighted by Gasteiger charge is -2.15. The molecule has 0 spiro atoms. The van der Waals surface area contributed by atoms with Gasteiger partial charge in [-0.1, -0.05) is 13.3 Å². The molecule has 0 aromatic heterocycles. The highest BCUT2D eigenvalue weighted by molar-refractivity contribution is 6.36. The number of carboxylic acid groups (broad SMARTS) is 2. The van der Waals surface area contributed by atoms with Crippen molar-refractivity contribution < 1.29 is 44.0 Å². The van der Waals surface area contributed by atoms with Crippen LogP contribution in [0, 0.1) is 0 Å². The van der Waals surface area contributed by atoms with E-state index in [9.17, 15) is 29.4 Å². The summed E-state index contributed by atoms with van der Waals surface area (Å²) in [6, 6.07) is 6.80. The minimum atomic E-state index is -1.68. The van der Waals surface area contributed by atoms with Crippen LogP contribution in [0.1, 0.15) is 53.0 Å². The van der Waals surface area contributed by atoms with Crippen LogP contribution in [0.2, 0.25) is 0 Å². The van der Waals surface area contributed by atoms with Gasteiger partial charge in [0, 0.05) is 23.7 Å². The number of aliphatic carboxylic acids is 1. The van der Waals surface area contributed by atoms with Gasteiger partial charge in [-0.25, -0.2) is 9.59 Å². The first-order valence-corrected chi connectivity index (χ1v) is 10.2. The molecule has 0 radical (unpaired) electrons. The third-order valence-electron chi connectivity index (χ3n) is 4.59. The second kappa shape index (κ2) is 11.5. The quantitative estimate of drug-likeness (QED) is 0.225. The first-order chi connectivity index (χ1) is 15.6. The monoisotopic (exact) mass is 459 g/mol. The van der Waals surface area contributed by atoms with Gasteiger partial charge in [-0.3, -0.25) is 9.59 Å². The van der Waals surface area contributed by atoms with Gasteiger partial charge in [0.05, 0.1) is 18.8 Å². The van der Waals surface area contributed by atoms with Crippen molar-refractivity contribution in [2.75, 3.05) is 18.5 Å². The smallest absolute Gasteiger partial charge is 0.394 e. The summed E-state index contributed by atoms with van der Waals surface area (Å²) in [5.41, 5.74) is 0.689. The number of rotatable bonds is 11. The maximum absolute atomic E-state index is 11.6. The van der Waals surface area contributed by atoms with Gasteiger partial charge in [-0.05, 0) is 37.6 Å². The Labute approximate surface area is 189 Å². The second-order valence-electron chi connectivity index (χ2n) is 7.07. The van der Waals surface area contributed by atoms with Crippen molar-refractivity contribution in [3.05, 3.63) is 47.0 Å². The van der Waals surface area contributed by atoms with Crippen LogP contribution < -0.4 is 14.8 Å². The van der Waals surface area contributed by atoms with Crippen LogP contribution in [0.25, 0.3) is 0 Å². The molecule has 33 heavy (non-hydrogen) atoms. The number of ether oxygens (including phenoxy) is 2. The van der Waals surface area contributed by atoms with Crippen LogP contribution in [-0.2, 0) is 16.0 Å². The van der Waals surface area contributed by atoms with E-state index < -0.39 is 17.8 Å². The summed E-state index contributed by atoms with van der Waals surface area (Å²) in [4.78, 5) is 45.0. The van der Waals surface area contributed by atoms with Gasteiger partial charge in [0.25, 0.3) is 0 Å². The number of hydrogen-bond acceptors (Lipinski definition) is 7. The number of aromatic carboxylic acids is 1. The Morgan fingerprint density at radius 1 is 0.939 bits per heavy atom. The number of carbonyl (C=O) groups excluding carboxylic acids is 2. The highest BCUT2D eigenvalue weighted by atomic mass is 16.5. The van der Waals surface area contributed by atoms with E-state index in [2.05, 4.69) is 5.32 Å². The highest BCUT2D eigenvalue weighted by Gasteiger charge is 2.17. The summed E-state index contributed by atoms with van der Waals surface area (Å²) in [6.07, 6.45) is 1.61. The number of ketones is 1. The van der Waals surface area contributed by atoms with Gasteiger partial charge in [-0.2, -0.15) is 0 Å². The molecule has 2 rings (SSSR count). The second-order valence-corrected chi connectivity index (χ2v) is 7.07. The fourth-order valence-corrected chi connectivity index (χ4v) is 3.03. The Kier molecular flexibility index (Phi) is 8.79. The summed E-state index contributed by atoms with van der Waals surface area (Å²) >= 11 is 0. The predicted molar refractivity (Wildman–Crippen MR) is 117 cm³/mol. The Morgan fingerprint density at radius 3 is 2.15 bits per heavy atom. The van der Waals surface area contributed by atoms with Gasteiger partial charge < -0.3 is 30.1 Å². The molecular weight excluding hydrogens is 434 g/mol. The third kappa shape index (κ3) is 6.70. The summed E-state index contributed by atoms with van der Waals surface area (Å²) in [5, 5.41) is 30.5. The van der Waals surface area contributed by atoms with Crippen molar-refractivity contribution in [3.8, 4) is 17.2 Å². The standard InChI is InChI=1S/C23H25NO9/c1-3-5-16-18(9-8-15(13(2)25)20(16)26)32-10-4-11-33-19-12-14(24-21(27)23(30)31)6-7-17(19)22(28)29/h6-9,12,26H,3-5,10-11H2,1-2H3,(H,24,27)(H,28,29)(H,30,31). The minimum absolute atomic E-state index is 0.0409. The molecule has 0 unspecified atom stereocenters. The van der Waals surface area contributed by atoms with Crippen molar-refractivity contribution in [2.24, 2.45) is 0 Å². The SMILES string of the molecule is CCCc1c(OCCCOc2cc(NC(=O)C(=O)O)ccc2C(=O)O)ccc(C(C)=O)c1O. The maximum Gasteiger partial charge on any atom is 0.394 e. The molecule has 10 heteroatoms. The number of aromatic hydroxyl groups is 1. The molecule has 4 N–H and O–H groups in total. The average Bonchev–Trinajstić information content (AvgIpc) is 2.75. The zero-order chi connectivity index (χ0) is 24.5. The molecule has 0 heterocycles. The Bertz CT molecular complexity index is 1060. The number of benzene rings is 2. The molecule has 0 aliphatic carbocycles. The Hall–Kier alpha value is -4.08. The summed E-state index contributed by atoms with van der Waals surface area (Å²) in [7, 11) is 0.